The van der Waals surface area contributed by atoms with Gasteiger partial charge in [-0.15, -0.1) is 0 Å². The average Bonchev–Trinajstić information content (AvgIpc) is 1.95. The molecule has 0 rings (SSSR count). The van der Waals surface area contributed by atoms with Crippen molar-refractivity contribution in [3.63, 3.8) is 0 Å². The van der Waals surface area contributed by atoms with E-state index in [2.05, 4.69) is 4.74 Å². The molecule has 0 bridgehead atoms. The molecule has 12 heavy (non-hydrogen) atoms. The maximum atomic E-state index is 11.9. The Kier molecular flexibility index (Phi) is 5.24. The van der Waals surface area contributed by atoms with Crippen LogP contribution in [-0.2, 0) is 4.74 Å². The van der Waals surface area contributed by atoms with Gasteiger partial charge in [-0.25, -0.2) is 0 Å². The summed E-state index contributed by atoms with van der Waals surface area (Å²) in [5.41, 5.74) is 4.90. The first-order valence-corrected chi connectivity index (χ1v) is 3.90. The highest BCUT2D eigenvalue weighted by atomic mass is 19.4. The molecule has 0 aromatic rings. The maximum Gasteiger partial charge on any atom is 0.415 e. The molecule has 0 aliphatic heterocycles. The fourth-order valence-electron chi connectivity index (χ4n) is 0.666. The Morgan fingerprint density at radius 3 is 2.33 bits per heavy atom. The molecule has 0 saturated heterocycles. The van der Waals surface area contributed by atoms with Crippen LogP contribution in [-0.4, -0.2) is 25.4 Å². The lowest BCUT2D eigenvalue weighted by atomic mass is 10.3. The van der Waals surface area contributed by atoms with E-state index in [0.717, 1.165) is 6.42 Å². The summed E-state index contributed by atoms with van der Waals surface area (Å²) in [4.78, 5) is 0. The molecular weight excluding hydrogens is 171 g/mol. The van der Waals surface area contributed by atoms with Gasteiger partial charge in [0.2, 0.25) is 0 Å². The van der Waals surface area contributed by atoms with Crippen LogP contribution in [0.3, 0.4) is 0 Å². The Hall–Kier alpha value is -0.290. The minimum Gasteiger partial charge on any atom is -0.367 e. The SMILES string of the molecule is CCCCOC(CN)C(F)(F)F. The molecular formula is C7H14F3NO. The summed E-state index contributed by atoms with van der Waals surface area (Å²) in [5, 5.41) is 0. The van der Waals surface area contributed by atoms with E-state index in [0.29, 0.717) is 6.42 Å². The molecule has 0 aliphatic carbocycles. The predicted molar refractivity (Wildman–Crippen MR) is 39.8 cm³/mol. The monoisotopic (exact) mass is 185 g/mol. The van der Waals surface area contributed by atoms with Crippen LogP contribution in [0.5, 0.6) is 0 Å². The van der Waals surface area contributed by atoms with Gasteiger partial charge in [0, 0.05) is 13.2 Å². The minimum atomic E-state index is -4.33. The molecule has 0 aromatic heterocycles. The van der Waals surface area contributed by atoms with Crippen LogP contribution in [0.1, 0.15) is 19.8 Å². The van der Waals surface area contributed by atoms with Crippen molar-refractivity contribution in [3.05, 3.63) is 0 Å². The van der Waals surface area contributed by atoms with Crippen molar-refractivity contribution in [3.8, 4) is 0 Å². The van der Waals surface area contributed by atoms with Crippen molar-refractivity contribution in [2.24, 2.45) is 5.73 Å². The molecule has 0 heterocycles. The van der Waals surface area contributed by atoms with Crippen molar-refractivity contribution in [1.29, 1.82) is 0 Å². The van der Waals surface area contributed by atoms with Gasteiger partial charge in [-0.3, -0.25) is 0 Å². The third kappa shape index (κ3) is 4.56. The second-order valence-electron chi connectivity index (χ2n) is 2.49. The highest BCUT2D eigenvalue weighted by Gasteiger charge is 2.39. The van der Waals surface area contributed by atoms with Crippen LogP contribution >= 0.6 is 0 Å². The summed E-state index contributed by atoms with van der Waals surface area (Å²) in [5.74, 6) is 0. The average molecular weight is 185 g/mol. The summed E-state index contributed by atoms with van der Waals surface area (Å²) in [6, 6.07) is 0. The topological polar surface area (TPSA) is 35.2 Å². The highest BCUT2D eigenvalue weighted by molar-refractivity contribution is 4.67. The van der Waals surface area contributed by atoms with Gasteiger partial charge in [0.25, 0.3) is 0 Å². The number of hydrogen-bond donors (Lipinski definition) is 1. The number of rotatable bonds is 5. The Morgan fingerprint density at radius 2 is 2.00 bits per heavy atom. The number of nitrogens with two attached hydrogens (primary N) is 1. The highest BCUT2D eigenvalue weighted by Crippen LogP contribution is 2.22. The number of ether oxygens (including phenoxy) is 1. The quantitative estimate of drug-likeness (QED) is 0.661. The Bertz CT molecular complexity index is 116. The Morgan fingerprint density at radius 1 is 1.42 bits per heavy atom. The molecule has 0 aromatic carbocycles. The molecule has 0 spiro atoms. The fraction of sp³-hybridized carbons (Fsp3) is 1.00. The second kappa shape index (κ2) is 5.37. The fourth-order valence-corrected chi connectivity index (χ4v) is 0.666. The van der Waals surface area contributed by atoms with E-state index >= 15 is 0 Å². The van der Waals surface area contributed by atoms with Crippen LogP contribution in [0, 0.1) is 0 Å². The van der Waals surface area contributed by atoms with Gasteiger partial charge < -0.3 is 10.5 Å². The summed E-state index contributed by atoms with van der Waals surface area (Å²) >= 11 is 0. The van der Waals surface area contributed by atoms with Crippen molar-refractivity contribution < 1.29 is 17.9 Å². The van der Waals surface area contributed by atoms with Crippen LogP contribution in [0.25, 0.3) is 0 Å². The third-order valence-corrected chi connectivity index (χ3v) is 1.40. The molecule has 2 nitrogen and oxygen atoms in total. The molecule has 0 fully saturated rings. The van der Waals surface area contributed by atoms with E-state index in [1.54, 1.807) is 0 Å². The number of halogens is 3. The van der Waals surface area contributed by atoms with Crippen LogP contribution < -0.4 is 5.73 Å². The molecule has 0 amide bonds. The van der Waals surface area contributed by atoms with E-state index in [-0.39, 0.29) is 6.61 Å². The summed E-state index contributed by atoms with van der Waals surface area (Å²) < 4.78 is 40.4. The molecule has 2 N–H and O–H groups in total. The van der Waals surface area contributed by atoms with Gasteiger partial charge in [0.1, 0.15) is 0 Å². The van der Waals surface area contributed by atoms with Gasteiger partial charge in [-0.2, -0.15) is 13.2 Å². The minimum absolute atomic E-state index is 0.123. The first kappa shape index (κ1) is 11.7. The zero-order chi connectivity index (χ0) is 9.61. The van der Waals surface area contributed by atoms with E-state index in [1.165, 1.54) is 0 Å². The zero-order valence-electron chi connectivity index (χ0n) is 7.03. The van der Waals surface area contributed by atoms with Gasteiger partial charge >= 0.3 is 6.18 Å². The summed E-state index contributed by atoms with van der Waals surface area (Å²) in [7, 11) is 0. The van der Waals surface area contributed by atoms with Gasteiger partial charge in [0.15, 0.2) is 6.10 Å². The number of hydrogen-bond acceptors (Lipinski definition) is 2. The molecule has 0 aliphatic rings. The first-order chi connectivity index (χ1) is 5.52. The van der Waals surface area contributed by atoms with Gasteiger partial charge in [-0.1, -0.05) is 13.3 Å². The van der Waals surface area contributed by atoms with Crippen molar-refractivity contribution in [2.45, 2.75) is 32.0 Å². The molecule has 1 atom stereocenters. The third-order valence-electron chi connectivity index (χ3n) is 1.40. The molecule has 5 heteroatoms. The van der Waals surface area contributed by atoms with Crippen molar-refractivity contribution in [1.82, 2.24) is 0 Å². The lowest BCUT2D eigenvalue weighted by molar-refractivity contribution is -0.216. The van der Waals surface area contributed by atoms with E-state index in [4.69, 9.17) is 5.73 Å². The zero-order valence-corrected chi connectivity index (χ0v) is 7.03. The van der Waals surface area contributed by atoms with Crippen molar-refractivity contribution in [2.75, 3.05) is 13.2 Å². The summed E-state index contributed by atoms with van der Waals surface area (Å²) in [6.07, 6.45) is -4.69. The molecule has 74 valence electrons. The maximum absolute atomic E-state index is 11.9. The predicted octanol–water partition coefficient (Wildman–Crippen LogP) is 1.69. The first-order valence-electron chi connectivity index (χ1n) is 3.90. The lowest BCUT2D eigenvalue weighted by Crippen LogP contribution is -2.38. The molecule has 1 unspecified atom stereocenters. The smallest absolute Gasteiger partial charge is 0.367 e. The molecule has 0 saturated carbocycles. The van der Waals surface area contributed by atoms with E-state index in [1.807, 2.05) is 6.92 Å². The van der Waals surface area contributed by atoms with Crippen LogP contribution in [0.15, 0.2) is 0 Å². The largest absolute Gasteiger partial charge is 0.415 e. The van der Waals surface area contributed by atoms with Crippen LogP contribution in [0.4, 0.5) is 13.2 Å². The molecule has 0 radical (unpaired) electrons. The standard InChI is InChI=1S/C7H14F3NO/c1-2-3-4-12-6(5-11)7(8,9)10/h6H,2-5,11H2,1H3. The number of alkyl halides is 3. The normalized spacial score (nSPS) is 14.8. The van der Waals surface area contributed by atoms with E-state index < -0.39 is 18.8 Å². The lowest BCUT2D eigenvalue weighted by Gasteiger charge is -2.18. The Balaban J connectivity index is 3.68. The summed E-state index contributed by atoms with van der Waals surface area (Å²) in [6.45, 7) is 1.50. The van der Waals surface area contributed by atoms with E-state index in [9.17, 15) is 13.2 Å². The number of unbranched alkanes of at least 4 members (excludes halogenated alkanes) is 1. The van der Waals surface area contributed by atoms with Gasteiger partial charge in [0.05, 0.1) is 0 Å². The second-order valence-corrected chi connectivity index (χ2v) is 2.49. The Labute approximate surface area is 69.9 Å². The van der Waals surface area contributed by atoms with Crippen LogP contribution in [0.2, 0.25) is 0 Å². The van der Waals surface area contributed by atoms with Gasteiger partial charge in [-0.05, 0) is 6.42 Å². The van der Waals surface area contributed by atoms with Crippen molar-refractivity contribution >= 4 is 0 Å².